The second kappa shape index (κ2) is 7.44. The summed E-state index contributed by atoms with van der Waals surface area (Å²) >= 11 is 15.2. The minimum absolute atomic E-state index is 0.228. The van der Waals surface area contributed by atoms with E-state index in [0.717, 1.165) is 27.9 Å². The molecule has 0 fully saturated rings. The molecule has 0 nitrogen and oxygen atoms in total. The van der Waals surface area contributed by atoms with E-state index in [0.29, 0.717) is 5.88 Å². The molecule has 1 unspecified atom stereocenters. The zero-order valence-electron chi connectivity index (χ0n) is 10.8. The lowest BCUT2D eigenvalue weighted by molar-refractivity contribution is 0.576. The van der Waals surface area contributed by atoms with Crippen molar-refractivity contribution in [2.75, 3.05) is 5.88 Å². The van der Waals surface area contributed by atoms with Gasteiger partial charge in [0.2, 0.25) is 0 Å². The normalized spacial score (nSPS) is 12.4. The van der Waals surface area contributed by atoms with Crippen molar-refractivity contribution in [1.29, 1.82) is 0 Å². The molecule has 0 amide bonds. The van der Waals surface area contributed by atoms with Crippen molar-refractivity contribution in [3.63, 3.8) is 0 Å². The zero-order valence-corrected chi connectivity index (χ0v) is 13.8. The van der Waals surface area contributed by atoms with Gasteiger partial charge in [-0.3, -0.25) is 0 Å². The Morgan fingerprint density at radius 3 is 2.25 bits per heavy atom. The third kappa shape index (κ3) is 4.76. The third-order valence-corrected chi connectivity index (χ3v) is 4.25. The summed E-state index contributed by atoms with van der Waals surface area (Å²) in [5.41, 5.74) is 2.15. The molecule has 0 bridgehead atoms. The first-order chi connectivity index (χ1) is 9.56. The van der Waals surface area contributed by atoms with Gasteiger partial charge in [-0.25, -0.2) is 4.39 Å². The van der Waals surface area contributed by atoms with Crippen LogP contribution in [0.1, 0.15) is 11.1 Å². The summed E-state index contributed by atoms with van der Waals surface area (Å²) < 4.78 is 14.1. The summed E-state index contributed by atoms with van der Waals surface area (Å²) in [7, 11) is 0. The van der Waals surface area contributed by atoms with Gasteiger partial charge < -0.3 is 0 Å². The Morgan fingerprint density at radius 1 is 1.00 bits per heavy atom. The Hall–Kier alpha value is -0.570. The van der Waals surface area contributed by atoms with Crippen molar-refractivity contribution in [2.24, 2.45) is 5.92 Å². The van der Waals surface area contributed by atoms with Crippen LogP contribution in [0.25, 0.3) is 0 Å². The molecule has 1 atom stereocenters. The maximum atomic E-state index is 13.4. The largest absolute Gasteiger partial charge is 0.207 e. The Labute approximate surface area is 137 Å². The molecule has 0 aromatic heterocycles. The molecule has 0 aliphatic rings. The smallest absolute Gasteiger partial charge is 0.124 e. The lowest BCUT2D eigenvalue weighted by Crippen LogP contribution is -2.10. The van der Waals surface area contributed by atoms with E-state index >= 15 is 0 Å². The van der Waals surface area contributed by atoms with Gasteiger partial charge in [0.05, 0.1) is 0 Å². The summed E-state index contributed by atoms with van der Waals surface area (Å²) in [5, 5.41) is 0.727. The maximum Gasteiger partial charge on any atom is 0.124 e. The van der Waals surface area contributed by atoms with E-state index in [4.69, 9.17) is 23.2 Å². The Balaban J connectivity index is 2.06. The summed E-state index contributed by atoms with van der Waals surface area (Å²) in [4.78, 5) is 0. The molecule has 0 N–H and O–H groups in total. The highest BCUT2D eigenvalue weighted by Crippen LogP contribution is 2.21. The first-order valence-electron chi connectivity index (χ1n) is 6.32. The first kappa shape index (κ1) is 15.8. The minimum atomic E-state index is -0.228. The molecule has 4 heteroatoms. The van der Waals surface area contributed by atoms with E-state index in [-0.39, 0.29) is 11.7 Å². The van der Waals surface area contributed by atoms with E-state index in [2.05, 4.69) is 15.9 Å². The molecule has 2 aromatic rings. The second-order valence-corrected chi connectivity index (χ2v) is 6.49. The Bertz CT molecular complexity index is 549. The average molecular weight is 376 g/mol. The number of rotatable bonds is 5. The molecule has 0 spiro atoms. The number of benzene rings is 2. The zero-order chi connectivity index (χ0) is 14.5. The van der Waals surface area contributed by atoms with Crippen LogP contribution in [0.15, 0.2) is 46.9 Å². The first-order valence-corrected chi connectivity index (χ1v) is 8.02. The van der Waals surface area contributed by atoms with Crippen molar-refractivity contribution in [2.45, 2.75) is 12.8 Å². The predicted molar refractivity (Wildman–Crippen MR) is 87.2 cm³/mol. The topological polar surface area (TPSA) is 0 Å². The molecule has 0 heterocycles. The molecule has 0 saturated heterocycles. The van der Waals surface area contributed by atoms with Crippen LogP contribution in [0.5, 0.6) is 0 Å². The fourth-order valence-electron chi connectivity index (χ4n) is 2.20. The molecule has 106 valence electrons. The van der Waals surface area contributed by atoms with Crippen LogP contribution in [-0.2, 0) is 12.8 Å². The third-order valence-electron chi connectivity index (χ3n) is 3.10. The molecule has 0 saturated carbocycles. The van der Waals surface area contributed by atoms with Crippen LogP contribution < -0.4 is 0 Å². The molecular formula is C16H14BrCl2F. The number of halogens is 4. The molecule has 2 rings (SSSR count). The van der Waals surface area contributed by atoms with Crippen LogP contribution in [0, 0.1) is 11.7 Å². The highest BCUT2D eigenvalue weighted by Gasteiger charge is 2.11. The average Bonchev–Trinajstić information content (AvgIpc) is 2.39. The molecule has 0 aliphatic heterocycles. The maximum absolute atomic E-state index is 13.4. The van der Waals surface area contributed by atoms with E-state index < -0.39 is 0 Å². The minimum Gasteiger partial charge on any atom is -0.207 e. The van der Waals surface area contributed by atoms with E-state index in [1.807, 2.05) is 30.3 Å². The van der Waals surface area contributed by atoms with Crippen LogP contribution in [0.3, 0.4) is 0 Å². The lowest BCUT2D eigenvalue weighted by atomic mass is 9.94. The summed E-state index contributed by atoms with van der Waals surface area (Å²) in [6.07, 6.45) is 1.61. The van der Waals surface area contributed by atoms with Crippen molar-refractivity contribution in [3.05, 3.63) is 68.9 Å². The van der Waals surface area contributed by atoms with Gasteiger partial charge in [0.1, 0.15) is 5.82 Å². The number of alkyl halides is 1. The SMILES string of the molecule is Fc1cc(Br)cc(CC(CCl)Cc2ccc(Cl)cc2)c1. The van der Waals surface area contributed by atoms with E-state index in [9.17, 15) is 4.39 Å². The summed E-state index contributed by atoms with van der Waals surface area (Å²) in [6.45, 7) is 0. The molecule has 0 radical (unpaired) electrons. The van der Waals surface area contributed by atoms with Gasteiger partial charge in [0.15, 0.2) is 0 Å². The molecule has 2 aromatic carbocycles. The predicted octanol–water partition coefficient (Wildman–Crippen LogP) is 5.88. The van der Waals surface area contributed by atoms with E-state index in [1.54, 1.807) is 6.07 Å². The van der Waals surface area contributed by atoms with Gasteiger partial charge in [-0.1, -0.05) is 39.7 Å². The number of hydrogen-bond donors (Lipinski definition) is 0. The monoisotopic (exact) mass is 374 g/mol. The highest BCUT2D eigenvalue weighted by molar-refractivity contribution is 9.10. The quantitative estimate of drug-likeness (QED) is 0.572. The Kier molecular flexibility index (Phi) is 5.88. The molecule has 0 aliphatic carbocycles. The summed E-state index contributed by atoms with van der Waals surface area (Å²) in [5.74, 6) is 0.581. The summed E-state index contributed by atoms with van der Waals surface area (Å²) in [6, 6.07) is 12.7. The highest BCUT2D eigenvalue weighted by atomic mass is 79.9. The lowest BCUT2D eigenvalue weighted by Gasteiger charge is -2.14. The van der Waals surface area contributed by atoms with Crippen molar-refractivity contribution < 1.29 is 4.39 Å². The van der Waals surface area contributed by atoms with Crippen molar-refractivity contribution >= 4 is 39.1 Å². The van der Waals surface area contributed by atoms with Gasteiger partial charge in [-0.05, 0) is 60.2 Å². The second-order valence-electron chi connectivity index (χ2n) is 4.83. The van der Waals surface area contributed by atoms with Gasteiger partial charge >= 0.3 is 0 Å². The van der Waals surface area contributed by atoms with Gasteiger partial charge in [0.25, 0.3) is 0 Å². The molecule has 20 heavy (non-hydrogen) atoms. The van der Waals surface area contributed by atoms with E-state index in [1.165, 1.54) is 11.6 Å². The standard InChI is InChI=1S/C16H14BrCl2F/c17-14-7-12(8-16(20)9-14)6-13(10-18)5-11-1-3-15(19)4-2-11/h1-4,7-9,13H,5-6,10H2. The van der Waals surface area contributed by atoms with Gasteiger partial charge in [-0.2, -0.15) is 0 Å². The van der Waals surface area contributed by atoms with Crippen molar-refractivity contribution in [3.8, 4) is 0 Å². The van der Waals surface area contributed by atoms with Gasteiger partial charge in [0, 0.05) is 15.4 Å². The fraction of sp³-hybridized carbons (Fsp3) is 0.250. The van der Waals surface area contributed by atoms with Crippen molar-refractivity contribution in [1.82, 2.24) is 0 Å². The van der Waals surface area contributed by atoms with Crippen LogP contribution in [0.4, 0.5) is 4.39 Å². The van der Waals surface area contributed by atoms with Crippen LogP contribution in [-0.4, -0.2) is 5.88 Å². The fourth-order valence-corrected chi connectivity index (χ4v) is 3.05. The van der Waals surface area contributed by atoms with Crippen LogP contribution in [0.2, 0.25) is 5.02 Å². The number of hydrogen-bond acceptors (Lipinski definition) is 0. The Morgan fingerprint density at radius 2 is 1.65 bits per heavy atom. The van der Waals surface area contributed by atoms with Crippen LogP contribution >= 0.6 is 39.1 Å². The van der Waals surface area contributed by atoms with Gasteiger partial charge in [-0.15, -0.1) is 11.6 Å². The molecular weight excluding hydrogens is 362 g/mol.